The molecule has 1 rings (SSSR count). The Bertz CT molecular complexity index is 287. The molecule has 0 aliphatic rings. The van der Waals surface area contributed by atoms with Gasteiger partial charge in [-0.2, -0.15) is 5.06 Å². The van der Waals surface area contributed by atoms with Crippen LogP contribution in [0.25, 0.3) is 0 Å². The summed E-state index contributed by atoms with van der Waals surface area (Å²) in [6, 6.07) is 9.47. The molecule has 0 aromatic heterocycles. The second kappa shape index (κ2) is 5.24. The molecule has 0 radical (unpaired) electrons. The van der Waals surface area contributed by atoms with Gasteiger partial charge in [0.15, 0.2) is 0 Å². The molecule has 4 heteroatoms. The van der Waals surface area contributed by atoms with E-state index in [1.807, 2.05) is 30.3 Å². The number of hydrogen-bond acceptors (Lipinski definition) is 3. The molecule has 0 saturated heterocycles. The van der Waals surface area contributed by atoms with Crippen LogP contribution in [-0.4, -0.2) is 25.3 Å². The number of ether oxygens (including phenoxy) is 1. The second-order valence-corrected chi connectivity index (χ2v) is 2.72. The first-order valence-corrected chi connectivity index (χ1v) is 4.22. The lowest BCUT2D eigenvalue weighted by Crippen LogP contribution is -2.25. The van der Waals surface area contributed by atoms with Crippen LogP contribution in [0.4, 0.5) is 4.79 Å². The molecule has 0 bridgehead atoms. The lowest BCUT2D eigenvalue weighted by atomic mass is 10.2. The predicted octanol–water partition coefficient (Wildman–Crippen LogP) is 1.82. The van der Waals surface area contributed by atoms with Gasteiger partial charge in [0.25, 0.3) is 0 Å². The molecule has 76 valence electrons. The van der Waals surface area contributed by atoms with Crippen molar-refractivity contribution in [2.24, 2.45) is 0 Å². The fourth-order valence-corrected chi connectivity index (χ4v) is 0.885. The van der Waals surface area contributed by atoms with Crippen molar-refractivity contribution in [1.29, 1.82) is 0 Å². The summed E-state index contributed by atoms with van der Waals surface area (Å²) in [5, 5.41) is 1.03. The summed E-state index contributed by atoms with van der Waals surface area (Å²) >= 11 is 0. The van der Waals surface area contributed by atoms with Gasteiger partial charge in [-0.05, 0) is 5.56 Å². The predicted molar refractivity (Wildman–Crippen MR) is 51.4 cm³/mol. The van der Waals surface area contributed by atoms with E-state index in [0.717, 1.165) is 10.6 Å². The summed E-state index contributed by atoms with van der Waals surface area (Å²) in [5.41, 5.74) is 0.949. The Hall–Kier alpha value is -1.55. The van der Waals surface area contributed by atoms with Crippen LogP contribution in [0.15, 0.2) is 30.3 Å². The van der Waals surface area contributed by atoms with Gasteiger partial charge in [-0.3, -0.25) is 4.84 Å². The van der Waals surface area contributed by atoms with E-state index in [9.17, 15) is 4.79 Å². The van der Waals surface area contributed by atoms with Crippen LogP contribution in [0.3, 0.4) is 0 Å². The van der Waals surface area contributed by atoms with Crippen molar-refractivity contribution in [3.05, 3.63) is 35.9 Å². The molecular weight excluding hydrogens is 182 g/mol. The van der Waals surface area contributed by atoms with Crippen molar-refractivity contribution >= 4 is 6.09 Å². The lowest BCUT2D eigenvalue weighted by Gasteiger charge is -2.13. The molecule has 0 unspecified atom stereocenters. The molecule has 14 heavy (non-hydrogen) atoms. The summed E-state index contributed by atoms with van der Waals surface area (Å²) in [6.45, 7) is 0.257. The number of benzene rings is 1. The average Bonchev–Trinajstić information content (AvgIpc) is 2.26. The van der Waals surface area contributed by atoms with E-state index in [0.29, 0.717) is 0 Å². The van der Waals surface area contributed by atoms with E-state index in [2.05, 4.69) is 4.84 Å². The molecule has 1 aromatic carbocycles. The minimum atomic E-state index is -0.503. The van der Waals surface area contributed by atoms with Crippen molar-refractivity contribution in [3.63, 3.8) is 0 Å². The van der Waals surface area contributed by atoms with Crippen LogP contribution in [0.2, 0.25) is 0 Å². The summed E-state index contributed by atoms with van der Waals surface area (Å²) in [4.78, 5) is 15.8. The number of nitrogens with zero attached hydrogens (tertiary/aromatic N) is 1. The van der Waals surface area contributed by atoms with Crippen molar-refractivity contribution < 1.29 is 14.4 Å². The Balaban J connectivity index is 2.38. The van der Waals surface area contributed by atoms with Crippen LogP contribution in [0.1, 0.15) is 5.56 Å². The third-order valence-electron chi connectivity index (χ3n) is 1.74. The Morgan fingerprint density at radius 3 is 2.57 bits per heavy atom. The van der Waals surface area contributed by atoms with Gasteiger partial charge < -0.3 is 4.74 Å². The Morgan fingerprint density at radius 2 is 2.00 bits per heavy atom. The van der Waals surface area contributed by atoms with E-state index in [4.69, 9.17) is 4.74 Å². The zero-order valence-corrected chi connectivity index (χ0v) is 8.27. The molecule has 0 aliphatic carbocycles. The molecular formula is C10H13NO3. The fourth-order valence-electron chi connectivity index (χ4n) is 0.885. The molecule has 0 heterocycles. The van der Waals surface area contributed by atoms with E-state index in [1.54, 1.807) is 0 Å². The number of amides is 1. The molecule has 1 aromatic rings. The van der Waals surface area contributed by atoms with E-state index in [-0.39, 0.29) is 6.61 Å². The Kier molecular flexibility index (Phi) is 3.94. The number of hydrogen-bond donors (Lipinski definition) is 0. The topological polar surface area (TPSA) is 38.8 Å². The highest BCUT2D eigenvalue weighted by Crippen LogP contribution is 2.02. The zero-order valence-electron chi connectivity index (χ0n) is 8.27. The summed E-state index contributed by atoms with van der Waals surface area (Å²) in [5.74, 6) is 0. The second-order valence-electron chi connectivity index (χ2n) is 2.72. The molecule has 0 aliphatic heterocycles. The third-order valence-corrected chi connectivity index (χ3v) is 1.74. The van der Waals surface area contributed by atoms with Gasteiger partial charge in [0, 0.05) is 7.05 Å². The standard InChI is InChI=1S/C10H13NO3/c1-11(13-2)10(12)14-8-9-6-4-3-5-7-9/h3-7H,8H2,1-2H3. The van der Waals surface area contributed by atoms with E-state index < -0.39 is 6.09 Å². The summed E-state index contributed by atoms with van der Waals surface area (Å²) in [7, 11) is 2.90. The van der Waals surface area contributed by atoms with Gasteiger partial charge in [0.05, 0.1) is 7.11 Å². The fraction of sp³-hybridized carbons (Fsp3) is 0.300. The Labute approximate surface area is 83.0 Å². The van der Waals surface area contributed by atoms with Gasteiger partial charge in [-0.1, -0.05) is 30.3 Å². The first-order chi connectivity index (χ1) is 6.74. The average molecular weight is 195 g/mol. The lowest BCUT2D eigenvalue weighted by molar-refractivity contribution is -0.0919. The molecule has 0 saturated carbocycles. The van der Waals surface area contributed by atoms with E-state index in [1.165, 1.54) is 14.2 Å². The van der Waals surface area contributed by atoms with Gasteiger partial charge in [0.1, 0.15) is 6.61 Å². The summed E-state index contributed by atoms with van der Waals surface area (Å²) < 4.78 is 4.94. The molecule has 4 nitrogen and oxygen atoms in total. The molecule has 0 atom stereocenters. The number of carbonyl (C=O) groups is 1. The maximum absolute atomic E-state index is 11.1. The van der Waals surface area contributed by atoms with Gasteiger partial charge in [-0.15, -0.1) is 0 Å². The quantitative estimate of drug-likeness (QED) is 0.690. The maximum atomic E-state index is 11.1. The largest absolute Gasteiger partial charge is 0.443 e. The number of hydroxylamine groups is 2. The van der Waals surface area contributed by atoms with Crippen LogP contribution >= 0.6 is 0 Å². The summed E-state index contributed by atoms with van der Waals surface area (Å²) in [6.07, 6.45) is -0.503. The Morgan fingerprint density at radius 1 is 1.36 bits per heavy atom. The van der Waals surface area contributed by atoms with Gasteiger partial charge >= 0.3 is 6.09 Å². The van der Waals surface area contributed by atoms with Crippen molar-refractivity contribution in [2.45, 2.75) is 6.61 Å². The molecule has 0 N–H and O–H groups in total. The van der Waals surface area contributed by atoms with Crippen molar-refractivity contribution in [3.8, 4) is 0 Å². The third kappa shape index (κ3) is 3.06. The molecule has 1 amide bonds. The van der Waals surface area contributed by atoms with Gasteiger partial charge in [-0.25, -0.2) is 4.79 Å². The highest BCUT2D eigenvalue weighted by molar-refractivity contribution is 5.65. The minimum absolute atomic E-state index is 0.257. The normalized spacial score (nSPS) is 9.57. The minimum Gasteiger partial charge on any atom is -0.443 e. The number of carbonyl (C=O) groups excluding carboxylic acids is 1. The maximum Gasteiger partial charge on any atom is 0.433 e. The van der Waals surface area contributed by atoms with Crippen molar-refractivity contribution in [2.75, 3.05) is 14.2 Å². The van der Waals surface area contributed by atoms with Crippen LogP contribution in [-0.2, 0) is 16.2 Å². The van der Waals surface area contributed by atoms with Crippen LogP contribution in [0.5, 0.6) is 0 Å². The smallest absolute Gasteiger partial charge is 0.433 e. The van der Waals surface area contributed by atoms with Crippen LogP contribution < -0.4 is 0 Å². The van der Waals surface area contributed by atoms with Gasteiger partial charge in [0.2, 0.25) is 0 Å². The highest BCUT2D eigenvalue weighted by Gasteiger charge is 2.08. The SMILES string of the molecule is CON(C)C(=O)OCc1ccccc1. The first kappa shape index (κ1) is 10.5. The number of rotatable bonds is 3. The monoisotopic (exact) mass is 195 g/mol. The zero-order chi connectivity index (χ0) is 10.4. The molecule has 0 spiro atoms. The highest BCUT2D eigenvalue weighted by atomic mass is 16.7. The van der Waals surface area contributed by atoms with Crippen LogP contribution in [0, 0.1) is 0 Å². The van der Waals surface area contributed by atoms with E-state index >= 15 is 0 Å². The molecule has 0 fully saturated rings. The van der Waals surface area contributed by atoms with Crippen molar-refractivity contribution in [1.82, 2.24) is 5.06 Å². The first-order valence-electron chi connectivity index (χ1n) is 4.22.